The molecule has 0 unspecified atom stereocenters. The number of halogens is 4. The molecule has 4 aromatic heterocycles. The predicted molar refractivity (Wildman–Crippen MR) is 188 cm³/mol. The second-order valence-electron chi connectivity index (χ2n) is 13.6. The first-order valence-corrected chi connectivity index (χ1v) is 17.9. The molecule has 6 heterocycles. The fourth-order valence-electron chi connectivity index (χ4n) is 7.18. The van der Waals surface area contributed by atoms with Gasteiger partial charge in [-0.05, 0) is 43.0 Å². The van der Waals surface area contributed by atoms with Crippen molar-refractivity contribution in [2.75, 3.05) is 32.8 Å². The summed E-state index contributed by atoms with van der Waals surface area (Å²) in [7, 11) is 1.80. The van der Waals surface area contributed by atoms with Crippen molar-refractivity contribution in [2.45, 2.75) is 43.5 Å². The molecule has 0 bridgehead atoms. The lowest BCUT2D eigenvalue weighted by Crippen LogP contribution is -2.53. The van der Waals surface area contributed by atoms with Gasteiger partial charge in [-0.15, -0.1) is 11.3 Å². The van der Waals surface area contributed by atoms with E-state index in [4.69, 9.17) is 0 Å². The van der Waals surface area contributed by atoms with Crippen LogP contribution in [-0.4, -0.2) is 90.4 Å². The van der Waals surface area contributed by atoms with E-state index >= 15 is 4.39 Å². The van der Waals surface area contributed by atoms with E-state index in [1.54, 1.807) is 33.7 Å². The van der Waals surface area contributed by atoms with Gasteiger partial charge < -0.3 is 24.2 Å². The van der Waals surface area contributed by atoms with Gasteiger partial charge in [-0.25, -0.2) is 14.4 Å². The molecule has 2 aliphatic heterocycles. The monoisotopic (exact) mass is 752 g/mol. The molecule has 1 aromatic carbocycles. The molecule has 0 radical (unpaired) electrons. The van der Waals surface area contributed by atoms with Crippen LogP contribution < -0.4 is 10.3 Å². The summed E-state index contributed by atoms with van der Waals surface area (Å²) in [5.74, 6) is -2.42. The molecule has 0 saturated carbocycles. The Bertz CT molecular complexity index is 2180. The SMILES string of the molecule is Cn1ccc2c(=O)n(CC3(O)CCN(C(=O)[C@@H]4CCN(C(=O)c5sc(-c6ccc(OCC(F)(F)F)nc6)cc5F)C[C@H]4c4ccccc4)CC3)cnc21. The molecule has 5 aromatic rings. The fourth-order valence-corrected chi connectivity index (χ4v) is 8.18. The van der Waals surface area contributed by atoms with E-state index in [0.717, 1.165) is 16.9 Å². The Morgan fingerprint density at radius 2 is 1.79 bits per heavy atom. The molecule has 0 aliphatic carbocycles. The summed E-state index contributed by atoms with van der Waals surface area (Å²) in [6.45, 7) is -0.466. The molecule has 2 amide bonds. The molecule has 2 atom stereocenters. The van der Waals surface area contributed by atoms with Gasteiger partial charge >= 0.3 is 6.18 Å². The number of rotatable bonds is 8. The van der Waals surface area contributed by atoms with Crippen molar-refractivity contribution in [3.8, 4) is 16.3 Å². The average molecular weight is 753 g/mol. The van der Waals surface area contributed by atoms with Crippen molar-refractivity contribution < 1.29 is 37.0 Å². The van der Waals surface area contributed by atoms with Crippen LogP contribution in [0, 0.1) is 11.7 Å². The number of fused-ring (bicyclic) bond motifs is 1. The summed E-state index contributed by atoms with van der Waals surface area (Å²) in [5.41, 5.74) is 0.394. The van der Waals surface area contributed by atoms with E-state index in [0.29, 0.717) is 41.0 Å². The minimum atomic E-state index is -4.52. The number of hydrogen-bond donors (Lipinski definition) is 1. The molecule has 278 valence electrons. The number of benzene rings is 1. The molecular formula is C37H36F4N6O5S. The van der Waals surface area contributed by atoms with E-state index in [1.165, 1.54) is 35.3 Å². The predicted octanol–water partition coefficient (Wildman–Crippen LogP) is 5.24. The van der Waals surface area contributed by atoms with Crippen molar-refractivity contribution in [3.05, 3.63) is 99.9 Å². The van der Waals surface area contributed by atoms with Crippen LogP contribution >= 0.6 is 11.3 Å². The summed E-state index contributed by atoms with van der Waals surface area (Å²) >= 11 is 0.915. The van der Waals surface area contributed by atoms with Crippen molar-refractivity contribution in [1.29, 1.82) is 0 Å². The van der Waals surface area contributed by atoms with Crippen LogP contribution in [0.3, 0.4) is 0 Å². The van der Waals surface area contributed by atoms with E-state index in [-0.39, 0.29) is 60.6 Å². The summed E-state index contributed by atoms with van der Waals surface area (Å²) in [6.07, 6.45) is 0.818. The number of pyridine rings is 1. The van der Waals surface area contributed by atoms with Gasteiger partial charge in [-0.1, -0.05) is 30.3 Å². The molecule has 2 saturated heterocycles. The van der Waals surface area contributed by atoms with Crippen molar-refractivity contribution in [2.24, 2.45) is 13.0 Å². The molecule has 11 nitrogen and oxygen atoms in total. The highest BCUT2D eigenvalue weighted by molar-refractivity contribution is 7.17. The number of piperidine rings is 2. The standard InChI is InChI=1S/C37H36F4N6O5S/c1-44-13-9-26-32(44)43-22-47(34(26)49)20-36(51)11-15-45(16-12-36)33(48)25-10-14-46(19-27(25)23-5-3-2-4-6-23)35(50)31-28(38)17-29(53-31)24-7-8-30(42-18-24)52-21-37(39,40)41/h2-9,13,17-18,22,25,27,51H,10-12,14-16,19-21H2,1H3/t25-,27+/m1/s1. The third kappa shape index (κ3) is 7.69. The second kappa shape index (κ2) is 14.4. The van der Waals surface area contributed by atoms with Crippen LogP contribution in [0.25, 0.3) is 21.5 Å². The highest BCUT2D eigenvalue weighted by Gasteiger charge is 2.42. The van der Waals surface area contributed by atoms with Gasteiger partial charge in [0.25, 0.3) is 11.5 Å². The number of ether oxygens (including phenoxy) is 1. The number of thiophene rings is 1. The smallest absolute Gasteiger partial charge is 0.422 e. The number of alkyl halides is 3. The molecule has 16 heteroatoms. The number of aliphatic hydroxyl groups is 1. The van der Waals surface area contributed by atoms with E-state index < -0.39 is 36.0 Å². The van der Waals surface area contributed by atoms with Crippen LogP contribution in [0.2, 0.25) is 0 Å². The number of carbonyl (C=O) groups excluding carboxylic acids is 2. The van der Waals surface area contributed by atoms with Crippen LogP contribution in [0.1, 0.15) is 40.4 Å². The maximum Gasteiger partial charge on any atom is 0.422 e. The van der Waals surface area contributed by atoms with Crippen LogP contribution in [-0.2, 0) is 18.4 Å². The van der Waals surface area contributed by atoms with E-state index in [1.807, 2.05) is 30.3 Å². The Morgan fingerprint density at radius 3 is 2.49 bits per heavy atom. The number of hydrogen-bond acceptors (Lipinski definition) is 8. The Labute approximate surface area is 305 Å². The summed E-state index contributed by atoms with van der Waals surface area (Å²) < 4.78 is 60.6. The van der Waals surface area contributed by atoms with Gasteiger partial charge in [-0.2, -0.15) is 13.2 Å². The average Bonchev–Trinajstić information content (AvgIpc) is 3.74. The molecule has 53 heavy (non-hydrogen) atoms. The second-order valence-corrected chi connectivity index (χ2v) is 14.7. The lowest BCUT2D eigenvalue weighted by Gasteiger charge is -2.43. The largest absolute Gasteiger partial charge is 0.468 e. The number of nitrogens with zero attached hydrogens (tertiary/aromatic N) is 6. The van der Waals surface area contributed by atoms with E-state index in [9.17, 15) is 32.7 Å². The normalized spacial score (nSPS) is 19.1. The number of aromatic nitrogens is 4. The third-order valence-electron chi connectivity index (χ3n) is 10.1. The Balaban J connectivity index is 1.02. The lowest BCUT2D eigenvalue weighted by atomic mass is 9.79. The molecular weight excluding hydrogens is 717 g/mol. The Kier molecular flexibility index (Phi) is 9.84. The molecule has 1 N–H and O–H groups in total. The Morgan fingerprint density at radius 1 is 1.04 bits per heavy atom. The third-order valence-corrected chi connectivity index (χ3v) is 11.2. The lowest BCUT2D eigenvalue weighted by molar-refractivity contribution is -0.154. The maximum absolute atomic E-state index is 15.3. The quantitative estimate of drug-likeness (QED) is 0.215. The van der Waals surface area contributed by atoms with Crippen molar-refractivity contribution >= 4 is 34.2 Å². The van der Waals surface area contributed by atoms with Crippen LogP contribution in [0.15, 0.2) is 78.1 Å². The van der Waals surface area contributed by atoms with E-state index in [2.05, 4.69) is 14.7 Å². The minimum Gasteiger partial charge on any atom is -0.468 e. The summed E-state index contributed by atoms with van der Waals surface area (Å²) in [5, 5.41) is 11.9. The zero-order chi connectivity index (χ0) is 37.5. The first kappa shape index (κ1) is 36.3. The number of amides is 2. The molecule has 7 rings (SSSR count). The van der Waals surface area contributed by atoms with Crippen LogP contribution in [0.5, 0.6) is 5.88 Å². The zero-order valence-corrected chi connectivity index (χ0v) is 29.4. The van der Waals surface area contributed by atoms with Crippen LogP contribution in [0.4, 0.5) is 17.6 Å². The number of likely N-dealkylation sites (tertiary alicyclic amines) is 2. The van der Waals surface area contributed by atoms with Crippen molar-refractivity contribution in [1.82, 2.24) is 28.9 Å². The first-order valence-electron chi connectivity index (χ1n) is 17.1. The minimum absolute atomic E-state index is 0.0536. The number of aryl methyl sites for hydroxylation is 1. The van der Waals surface area contributed by atoms with Gasteiger partial charge in [-0.3, -0.25) is 19.0 Å². The topological polar surface area (TPSA) is 123 Å². The molecule has 2 fully saturated rings. The van der Waals surface area contributed by atoms with Crippen molar-refractivity contribution in [3.63, 3.8) is 0 Å². The highest BCUT2D eigenvalue weighted by Crippen LogP contribution is 2.38. The van der Waals surface area contributed by atoms with Gasteiger partial charge in [0.05, 0.1) is 17.5 Å². The molecule has 2 aliphatic rings. The zero-order valence-electron chi connectivity index (χ0n) is 28.6. The number of carbonyl (C=O) groups is 2. The van der Waals surface area contributed by atoms with Gasteiger partial charge in [0.1, 0.15) is 22.7 Å². The van der Waals surface area contributed by atoms with Gasteiger partial charge in [0.2, 0.25) is 11.8 Å². The molecule has 0 spiro atoms. The summed E-state index contributed by atoms with van der Waals surface area (Å²) in [4.78, 5) is 52.8. The highest BCUT2D eigenvalue weighted by atomic mass is 32.1. The van der Waals surface area contributed by atoms with Gasteiger partial charge in [0.15, 0.2) is 6.61 Å². The van der Waals surface area contributed by atoms with Gasteiger partial charge in [0, 0.05) is 74.0 Å². The summed E-state index contributed by atoms with van der Waals surface area (Å²) in [6, 6.07) is 15.0. The maximum atomic E-state index is 15.3. The Hall–Kier alpha value is -5.09. The fraction of sp³-hybridized carbons (Fsp3) is 0.378. The first-order chi connectivity index (χ1) is 25.3.